The van der Waals surface area contributed by atoms with Crippen LogP contribution in [0.5, 0.6) is 0 Å². The molecule has 1 amide bonds. The largest absolute Gasteiger partial charge is 0.355 e. The summed E-state index contributed by atoms with van der Waals surface area (Å²) in [7, 11) is 0. The van der Waals surface area contributed by atoms with E-state index >= 15 is 0 Å². The van der Waals surface area contributed by atoms with E-state index in [0.717, 1.165) is 24.1 Å². The highest BCUT2D eigenvalue weighted by Crippen LogP contribution is 2.24. The van der Waals surface area contributed by atoms with Gasteiger partial charge in [-0.2, -0.15) is 0 Å². The molecule has 96 valence electrons. The lowest BCUT2D eigenvalue weighted by Gasteiger charge is -2.00. The fraction of sp³-hybridized carbons (Fsp3) is 0.385. The molecule has 0 atom stereocenters. The van der Waals surface area contributed by atoms with Crippen LogP contribution in [0.1, 0.15) is 36.7 Å². The van der Waals surface area contributed by atoms with E-state index in [4.69, 9.17) is 4.52 Å². The van der Waals surface area contributed by atoms with Crippen LogP contribution in [0.3, 0.4) is 0 Å². The molecule has 0 bridgehead atoms. The number of nitrogens with zero attached hydrogens (tertiary/aromatic N) is 1. The third-order valence-electron chi connectivity index (χ3n) is 2.57. The van der Waals surface area contributed by atoms with E-state index in [1.165, 1.54) is 0 Å². The summed E-state index contributed by atoms with van der Waals surface area (Å²) < 4.78 is 5.16. The van der Waals surface area contributed by atoms with E-state index in [1.807, 2.05) is 17.5 Å². The molecule has 0 spiro atoms. The van der Waals surface area contributed by atoms with Crippen molar-refractivity contribution in [2.45, 2.75) is 26.2 Å². The van der Waals surface area contributed by atoms with Gasteiger partial charge in [0.15, 0.2) is 11.5 Å². The predicted octanol–water partition coefficient (Wildman–Crippen LogP) is 3.32. The number of nitrogens with one attached hydrogen (secondary N) is 1. The van der Waals surface area contributed by atoms with Crippen molar-refractivity contribution in [2.24, 2.45) is 0 Å². The average molecular weight is 264 g/mol. The minimum atomic E-state index is -0.169. The van der Waals surface area contributed by atoms with Crippen LogP contribution in [0.25, 0.3) is 10.6 Å². The second kappa shape index (κ2) is 6.35. The Balaban J connectivity index is 1.91. The van der Waals surface area contributed by atoms with Crippen LogP contribution in [0.15, 0.2) is 28.1 Å². The molecule has 0 aromatic carbocycles. The number of rotatable bonds is 6. The minimum absolute atomic E-state index is 0.169. The molecule has 0 aliphatic heterocycles. The molecule has 0 radical (unpaired) electrons. The SMILES string of the molecule is CCCCCNC(=O)c1cc(-c2cccs2)on1. The topological polar surface area (TPSA) is 55.1 Å². The Morgan fingerprint density at radius 2 is 2.39 bits per heavy atom. The Bertz CT molecular complexity index is 491. The average Bonchev–Trinajstić information content (AvgIpc) is 3.03. The number of hydrogen-bond donors (Lipinski definition) is 1. The van der Waals surface area contributed by atoms with Crippen molar-refractivity contribution >= 4 is 17.2 Å². The molecule has 0 fully saturated rings. The highest BCUT2D eigenvalue weighted by atomic mass is 32.1. The second-order valence-corrected chi connectivity index (χ2v) is 4.96. The van der Waals surface area contributed by atoms with E-state index in [9.17, 15) is 4.79 Å². The first kappa shape index (κ1) is 12.8. The standard InChI is InChI=1S/C13H16N2O2S/c1-2-3-4-7-14-13(16)10-9-11(17-15-10)12-6-5-8-18-12/h5-6,8-9H,2-4,7H2,1H3,(H,14,16). The summed E-state index contributed by atoms with van der Waals surface area (Å²) in [4.78, 5) is 12.7. The number of aromatic nitrogens is 1. The summed E-state index contributed by atoms with van der Waals surface area (Å²) in [5.41, 5.74) is 0.342. The quantitative estimate of drug-likeness (QED) is 0.814. The van der Waals surface area contributed by atoms with Gasteiger partial charge in [-0.05, 0) is 17.9 Å². The zero-order chi connectivity index (χ0) is 12.8. The zero-order valence-corrected chi connectivity index (χ0v) is 11.1. The normalized spacial score (nSPS) is 10.5. The predicted molar refractivity (Wildman–Crippen MR) is 71.7 cm³/mol. The Kier molecular flexibility index (Phi) is 4.52. The second-order valence-electron chi connectivity index (χ2n) is 4.02. The summed E-state index contributed by atoms with van der Waals surface area (Å²) in [5.74, 6) is 0.473. The summed E-state index contributed by atoms with van der Waals surface area (Å²) in [6.45, 7) is 2.82. The number of carbonyl (C=O) groups excluding carboxylic acids is 1. The number of thiophene rings is 1. The van der Waals surface area contributed by atoms with Gasteiger partial charge in [-0.25, -0.2) is 0 Å². The van der Waals surface area contributed by atoms with Crippen molar-refractivity contribution in [2.75, 3.05) is 6.54 Å². The van der Waals surface area contributed by atoms with Gasteiger partial charge in [-0.3, -0.25) is 4.79 Å². The van der Waals surface area contributed by atoms with Gasteiger partial charge in [0.1, 0.15) is 0 Å². The van der Waals surface area contributed by atoms with Gasteiger partial charge in [0, 0.05) is 12.6 Å². The van der Waals surface area contributed by atoms with Crippen LogP contribution >= 0.6 is 11.3 Å². The fourth-order valence-electron chi connectivity index (χ4n) is 1.58. The fourth-order valence-corrected chi connectivity index (χ4v) is 2.26. The van der Waals surface area contributed by atoms with Gasteiger partial charge in [-0.15, -0.1) is 11.3 Å². The van der Waals surface area contributed by atoms with Gasteiger partial charge in [-0.1, -0.05) is 31.0 Å². The van der Waals surface area contributed by atoms with Gasteiger partial charge >= 0.3 is 0 Å². The van der Waals surface area contributed by atoms with Crippen molar-refractivity contribution in [1.82, 2.24) is 10.5 Å². The maximum atomic E-state index is 11.8. The van der Waals surface area contributed by atoms with Crippen molar-refractivity contribution < 1.29 is 9.32 Å². The highest BCUT2D eigenvalue weighted by molar-refractivity contribution is 7.13. The Morgan fingerprint density at radius 3 is 3.11 bits per heavy atom. The molecule has 0 saturated heterocycles. The van der Waals surface area contributed by atoms with E-state index in [1.54, 1.807) is 17.4 Å². The molecule has 18 heavy (non-hydrogen) atoms. The van der Waals surface area contributed by atoms with Crippen LogP contribution in [0.4, 0.5) is 0 Å². The summed E-state index contributed by atoms with van der Waals surface area (Å²) in [6, 6.07) is 5.56. The molecule has 5 heteroatoms. The van der Waals surface area contributed by atoms with Gasteiger partial charge in [0.2, 0.25) is 0 Å². The van der Waals surface area contributed by atoms with E-state index in [-0.39, 0.29) is 5.91 Å². The molecule has 0 unspecified atom stereocenters. The van der Waals surface area contributed by atoms with Gasteiger partial charge in [0.05, 0.1) is 4.88 Å². The smallest absolute Gasteiger partial charge is 0.273 e. The highest BCUT2D eigenvalue weighted by Gasteiger charge is 2.13. The molecule has 2 aromatic heterocycles. The monoisotopic (exact) mass is 264 g/mol. The molecule has 2 heterocycles. The van der Waals surface area contributed by atoms with Gasteiger partial charge < -0.3 is 9.84 Å². The van der Waals surface area contributed by atoms with E-state index < -0.39 is 0 Å². The molecule has 2 aromatic rings. The summed E-state index contributed by atoms with van der Waals surface area (Å²) in [6.07, 6.45) is 3.26. The molecule has 4 nitrogen and oxygen atoms in total. The van der Waals surface area contributed by atoms with Gasteiger partial charge in [0.25, 0.3) is 5.91 Å². The minimum Gasteiger partial charge on any atom is -0.355 e. The Morgan fingerprint density at radius 1 is 1.50 bits per heavy atom. The lowest BCUT2D eigenvalue weighted by molar-refractivity contribution is 0.0944. The third kappa shape index (κ3) is 3.20. The van der Waals surface area contributed by atoms with Crippen molar-refractivity contribution in [3.8, 4) is 10.6 Å². The third-order valence-corrected chi connectivity index (χ3v) is 3.46. The lowest BCUT2D eigenvalue weighted by Crippen LogP contribution is -2.24. The molecular formula is C13H16N2O2S. The molecule has 2 rings (SSSR count). The van der Waals surface area contributed by atoms with E-state index in [2.05, 4.69) is 17.4 Å². The van der Waals surface area contributed by atoms with Crippen LogP contribution in [-0.2, 0) is 0 Å². The zero-order valence-electron chi connectivity index (χ0n) is 10.3. The molecule has 1 N–H and O–H groups in total. The molecule has 0 aliphatic carbocycles. The van der Waals surface area contributed by atoms with Crippen LogP contribution in [0.2, 0.25) is 0 Å². The maximum Gasteiger partial charge on any atom is 0.273 e. The number of hydrogen-bond acceptors (Lipinski definition) is 4. The Hall–Kier alpha value is -1.62. The summed E-state index contributed by atoms with van der Waals surface area (Å²) in [5, 5.41) is 8.59. The van der Waals surface area contributed by atoms with Crippen LogP contribution in [-0.4, -0.2) is 17.6 Å². The first-order valence-electron chi connectivity index (χ1n) is 6.10. The summed E-state index contributed by atoms with van der Waals surface area (Å²) >= 11 is 1.56. The lowest BCUT2D eigenvalue weighted by atomic mass is 10.2. The first-order valence-corrected chi connectivity index (χ1v) is 6.98. The molecule has 0 aliphatic rings. The van der Waals surface area contributed by atoms with Crippen LogP contribution < -0.4 is 5.32 Å². The Labute approximate surface area is 110 Å². The number of amides is 1. The van der Waals surface area contributed by atoms with Crippen molar-refractivity contribution in [1.29, 1.82) is 0 Å². The van der Waals surface area contributed by atoms with Crippen molar-refractivity contribution in [3.63, 3.8) is 0 Å². The number of unbranched alkanes of at least 4 members (excludes halogenated alkanes) is 2. The number of carbonyl (C=O) groups is 1. The maximum absolute atomic E-state index is 11.8. The first-order chi connectivity index (χ1) is 8.81. The molecule has 0 saturated carbocycles. The van der Waals surface area contributed by atoms with E-state index in [0.29, 0.717) is 18.0 Å². The molecular weight excluding hydrogens is 248 g/mol. The van der Waals surface area contributed by atoms with Crippen LogP contribution in [0, 0.1) is 0 Å². The van der Waals surface area contributed by atoms with Crippen molar-refractivity contribution in [3.05, 3.63) is 29.3 Å².